The molecule has 0 aromatic carbocycles. The van der Waals surface area contributed by atoms with Crippen LogP contribution < -0.4 is 10.9 Å². The van der Waals surface area contributed by atoms with Gasteiger partial charge in [-0.2, -0.15) is 5.10 Å². The molecular formula is C17H23N5O3. The lowest BCUT2D eigenvalue weighted by molar-refractivity contribution is -0.121. The molecule has 2 aromatic heterocycles. The van der Waals surface area contributed by atoms with Crippen LogP contribution in [-0.2, 0) is 17.8 Å². The van der Waals surface area contributed by atoms with E-state index in [0.717, 1.165) is 11.3 Å². The average molecular weight is 345 g/mol. The van der Waals surface area contributed by atoms with E-state index in [4.69, 9.17) is 4.52 Å². The van der Waals surface area contributed by atoms with Gasteiger partial charge in [0.1, 0.15) is 0 Å². The van der Waals surface area contributed by atoms with Crippen molar-refractivity contribution in [2.45, 2.75) is 52.7 Å². The Morgan fingerprint density at radius 2 is 2.08 bits per heavy atom. The van der Waals surface area contributed by atoms with Crippen LogP contribution in [0.3, 0.4) is 0 Å². The minimum Gasteiger partial charge on any atom is -0.338 e. The summed E-state index contributed by atoms with van der Waals surface area (Å²) in [5, 5.41) is 11.0. The van der Waals surface area contributed by atoms with Crippen molar-refractivity contribution in [1.82, 2.24) is 19.8 Å². The molecule has 0 spiro atoms. The molecule has 1 aliphatic rings. The van der Waals surface area contributed by atoms with Gasteiger partial charge >= 0.3 is 0 Å². The van der Waals surface area contributed by atoms with Crippen molar-refractivity contribution in [2.75, 3.05) is 11.9 Å². The number of nitrogens with one attached hydrogen (secondary N) is 1. The number of hydrogen-bond acceptors (Lipinski definition) is 6. The largest absolute Gasteiger partial charge is 0.338 e. The van der Waals surface area contributed by atoms with Crippen LogP contribution in [0, 0.1) is 6.92 Å². The summed E-state index contributed by atoms with van der Waals surface area (Å²) in [6.45, 7) is 8.75. The molecule has 1 unspecified atom stereocenters. The number of fused-ring (bicyclic) bond motifs is 1. The van der Waals surface area contributed by atoms with E-state index in [-0.39, 0.29) is 23.6 Å². The molecule has 3 heterocycles. The van der Waals surface area contributed by atoms with Crippen LogP contribution in [0.25, 0.3) is 0 Å². The Kier molecular flexibility index (Phi) is 4.71. The Morgan fingerprint density at radius 1 is 1.32 bits per heavy atom. The van der Waals surface area contributed by atoms with Gasteiger partial charge in [-0.3, -0.25) is 19.8 Å². The number of carbonyl (C=O) groups excluding carboxylic acids is 1. The van der Waals surface area contributed by atoms with Crippen LogP contribution in [0.1, 0.15) is 43.8 Å². The third kappa shape index (κ3) is 3.63. The third-order valence-corrected chi connectivity index (χ3v) is 4.42. The predicted octanol–water partition coefficient (Wildman–Crippen LogP) is 1.51. The van der Waals surface area contributed by atoms with E-state index in [1.807, 2.05) is 25.7 Å². The molecule has 0 saturated carbocycles. The van der Waals surface area contributed by atoms with Crippen molar-refractivity contribution in [3.63, 3.8) is 0 Å². The molecule has 0 saturated heterocycles. The highest BCUT2D eigenvalue weighted by atomic mass is 16.5. The van der Waals surface area contributed by atoms with E-state index < -0.39 is 0 Å². The Hall–Kier alpha value is -2.48. The second-order valence-electron chi connectivity index (χ2n) is 6.71. The smallest absolute Gasteiger partial charge is 0.267 e. The standard InChI is InChI=1S/C17H23N5O3/c1-10(2)22-16(23)8-13-9-21(6-5-14(13)19-22)12(4)17(24)18-15-7-11(3)20-25-15/h7-8,10,12H,5-6,9H2,1-4H3,(H,18,24). The highest BCUT2D eigenvalue weighted by molar-refractivity contribution is 5.93. The molecule has 1 aliphatic heterocycles. The lowest BCUT2D eigenvalue weighted by Gasteiger charge is -2.32. The predicted molar refractivity (Wildman–Crippen MR) is 92.3 cm³/mol. The summed E-state index contributed by atoms with van der Waals surface area (Å²) in [6, 6.07) is 2.99. The van der Waals surface area contributed by atoms with E-state index in [1.165, 1.54) is 4.68 Å². The van der Waals surface area contributed by atoms with E-state index >= 15 is 0 Å². The zero-order valence-corrected chi connectivity index (χ0v) is 14.9. The topological polar surface area (TPSA) is 93.3 Å². The van der Waals surface area contributed by atoms with Crippen LogP contribution >= 0.6 is 0 Å². The zero-order valence-electron chi connectivity index (χ0n) is 14.9. The molecule has 2 aromatic rings. The van der Waals surface area contributed by atoms with E-state index in [1.54, 1.807) is 19.1 Å². The average Bonchev–Trinajstić information content (AvgIpc) is 2.97. The Labute approximate surface area is 145 Å². The van der Waals surface area contributed by atoms with Crippen LogP contribution in [-0.4, -0.2) is 38.3 Å². The summed E-state index contributed by atoms with van der Waals surface area (Å²) >= 11 is 0. The van der Waals surface area contributed by atoms with Gasteiger partial charge in [-0.1, -0.05) is 5.16 Å². The van der Waals surface area contributed by atoms with Crippen molar-refractivity contribution in [3.8, 4) is 0 Å². The Morgan fingerprint density at radius 3 is 2.72 bits per heavy atom. The molecule has 1 atom stereocenters. The SMILES string of the molecule is Cc1cc(NC(=O)C(C)N2CCc3nn(C(C)C)c(=O)cc3C2)on1. The van der Waals surface area contributed by atoms with E-state index in [2.05, 4.69) is 15.6 Å². The highest BCUT2D eigenvalue weighted by Gasteiger charge is 2.27. The molecule has 134 valence electrons. The fourth-order valence-corrected chi connectivity index (χ4v) is 2.95. The van der Waals surface area contributed by atoms with Gasteiger partial charge < -0.3 is 4.52 Å². The van der Waals surface area contributed by atoms with Crippen molar-refractivity contribution in [3.05, 3.63) is 39.4 Å². The molecule has 1 N–H and O–H groups in total. The fraction of sp³-hybridized carbons (Fsp3) is 0.529. The normalized spacial score (nSPS) is 15.9. The second-order valence-corrected chi connectivity index (χ2v) is 6.71. The maximum Gasteiger partial charge on any atom is 0.267 e. The Bertz CT molecular complexity index is 839. The van der Waals surface area contributed by atoms with Crippen molar-refractivity contribution in [1.29, 1.82) is 0 Å². The van der Waals surface area contributed by atoms with Gasteiger partial charge in [-0.25, -0.2) is 4.68 Å². The lowest BCUT2D eigenvalue weighted by atomic mass is 10.0. The van der Waals surface area contributed by atoms with Crippen molar-refractivity contribution < 1.29 is 9.32 Å². The zero-order chi connectivity index (χ0) is 18.1. The van der Waals surface area contributed by atoms with Crippen LogP contribution in [0.5, 0.6) is 0 Å². The number of anilines is 1. The third-order valence-electron chi connectivity index (χ3n) is 4.42. The van der Waals surface area contributed by atoms with Gasteiger partial charge in [0.25, 0.3) is 5.56 Å². The summed E-state index contributed by atoms with van der Waals surface area (Å²) in [5.41, 5.74) is 2.43. The van der Waals surface area contributed by atoms with Gasteiger partial charge in [-0.05, 0) is 33.3 Å². The number of nitrogens with zero attached hydrogens (tertiary/aromatic N) is 4. The first kappa shape index (κ1) is 17.3. The van der Waals surface area contributed by atoms with Crippen LogP contribution in [0.4, 0.5) is 5.88 Å². The molecule has 8 nitrogen and oxygen atoms in total. The van der Waals surface area contributed by atoms with Gasteiger partial charge in [-0.15, -0.1) is 0 Å². The number of rotatable bonds is 4. The van der Waals surface area contributed by atoms with Gasteiger partial charge in [0, 0.05) is 31.6 Å². The van der Waals surface area contributed by atoms with E-state index in [0.29, 0.717) is 31.1 Å². The maximum absolute atomic E-state index is 12.4. The van der Waals surface area contributed by atoms with Gasteiger partial charge in [0.2, 0.25) is 11.8 Å². The van der Waals surface area contributed by atoms with Crippen molar-refractivity contribution in [2.24, 2.45) is 0 Å². The first-order valence-electron chi connectivity index (χ1n) is 8.45. The Balaban J connectivity index is 1.72. The summed E-state index contributed by atoms with van der Waals surface area (Å²) < 4.78 is 6.54. The van der Waals surface area contributed by atoms with Crippen molar-refractivity contribution >= 4 is 11.8 Å². The monoisotopic (exact) mass is 345 g/mol. The molecule has 25 heavy (non-hydrogen) atoms. The molecule has 0 radical (unpaired) electrons. The minimum absolute atomic E-state index is 0.0332. The first-order chi connectivity index (χ1) is 11.8. The molecular weight excluding hydrogens is 322 g/mol. The number of hydrogen-bond donors (Lipinski definition) is 1. The van der Waals surface area contributed by atoms with Crippen LogP contribution in [0.2, 0.25) is 0 Å². The molecule has 0 fully saturated rings. The molecule has 1 amide bonds. The lowest BCUT2D eigenvalue weighted by Crippen LogP contribution is -2.45. The summed E-state index contributed by atoms with van der Waals surface area (Å²) in [4.78, 5) is 26.6. The van der Waals surface area contributed by atoms with Gasteiger partial charge in [0.05, 0.1) is 23.5 Å². The first-order valence-corrected chi connectivity index (χ1v) is 8.45. The minimum atomic E-state index is -0.355. The molecule has 8 heteroatoms. The molecule has 0 aliphatic carbocycles. The number of carbonyl (C=O) groups is 1. The van der Waals surface area contributed by atoms with Gasteiger partial charge in [0.15, 0.2) is 0 Å². The quantitative estimate of drug-likeness (QED) is 0.903. The molecule has 3 rings (SSSR count). The number of amides is 1. The number of aromatic nitrogens is 3. The van der Waals surface area contributed by atoms with E-state index in [9.17, 15) is 9.59 Å². The highest BCUT2D eigenvalue weighted by Crippen LogP contribution is 2.19. The fourth-order valence-electron chi connectivity index (χ4n) is 2.95. The summed E-state index contributed by atoms with van der Waals surface area (Å²) in [5.74, 6) is 0.177. The summed E-state index contributed by atoms with van der Waals surface area (Å²) in [6.07, 6.45) is 0.710. The summed E-state index contributed by atoms with van der Waals surface area (Å²) in [7, 11) is 0. The number of aryl methyl sites for hydroxylation is 1. The van der Waals surface area contributed by atoms with Crippen LogP contribution in [0.15, 0.2) is 21.5 Å². The maximum atomic E-state index is 12.4. The molecule has 0 bridgehead atoms. The second kappa shape index (κ2) is 6.79.